The number of hydrogen-bond acceptors (Lipinski definition) is 5. The number of amides is 1. The maximum atomic E-state index is 13.7. The van der Waals surface area contributed by atoms with Gasteiger partial charge in [0.2, 0.25) is 15.9 Å². The Bertz CT molecular complexity index is 1280. The first kappa shape index (κ1) is 23.5. The molecule has 3 aromatic carbocycles. The summed E-state index contributed by atoms with van der Waals surface area (Å²) in [4.78, 5) is 13.3. The summed E-state index contributed by atoms with van der Waals surface area (Å²) in [6, 6.07) is 18.5. The van der Waals surface area contributed by atoms with Crippen molar-refractivity contribution in [3.05, 3.63) is 81.4 Å². The molecule has 0 fully saturated rings. The first-order valence-electron chi connectivity index (χ1n) is 10.2. The average molecular weight is 578 g/mol. The van der Waals surface area contributed by atoms with E-state index in [0.717, 1.165) is 14.7 Å². The Labute approximate surface area is 206 Å². The van der Waals surface area contributed by atoms with E-state index in [1.165, 1.54) is 30.7 Å². The topological polar surface area (TPSA) is 84.9 Å². The van der Waals surface area contributed by atoms with Gasteiger partial charge in [-0.25, -0.2) is 8.42 Å². The van der Waals surface area contributed by atoms with Crippen molar-refractivity contribution in [2.24, 2.45) is 0 Å². The van der Waals surface area contributed by atoms with Crippen LogP contribution in [0.25, 0.3) is 0 Å². The number of benzene rings is 3. The molecule has 7 nitrogen and oxygen atoms in total. The number of hydrogen-bond donors (Lipinski definition) is 1. The van der Waals surface area contributed by atoms with Crippen LogP contribution in [-0.4, -0.2) is 38.9 Å². The maximum absolute atomic E-state index is 13.7. The molecule has 0 aliphatic carbocycles. The SMILES string of the molecule is COc1ccc(S(=O)(=O)N2Cc3ccccc3CC2C(=O)Nc2ccc(I)cc2)cc1OC. The third-order valence-electron chi connectivity index (χ3n) is 5.58. The van der Waals surface area contributed by atoms with Crippen LogP contribution in [0.2, 0.25) is 0 Å². The van der Waals surface area contributed by atoms with Gasteiger partial charge in [-0.3, -0.25) is 4.79 Å². The molecular formula is C24H23IN2O5S. The Morgan fingerprint density at radius 2 is 1.64 bits per heavy atom. The van der Waals surface area contributed by atoms with Gasteiger partial charge in [-0.1, -0.05) is 24.3 Å². The molecule has 172 valence electrons. The minimum Gasteiger partial charge on any atom is -0.493 e. The van der Waals surface area contributed by atoms with Crippen LogP contribution >= 0.6 is 22.6 Å². The zero-order chi connectivity index (χ0) is 23.6. The highest BCUT2D eigenvalue weighted by Crippen LogP contribution is 2.34. The second-order valence-corrected chi connectivity index (χ2v) is 10.7. The highest BCUT2D eigenvalue weighted by atomic mass is 127. The van der Waals surface area contributed by atoms with Crippen molar-refractivity contribution < 1.29 is 22.7 Å². The van der Waals surface area contributed by atoms with Gasteiger partial charge < -0.3 is 14.8 Å². The number of anilines is 1. The molecule has 1 N–H and O–H groups in total. The quantitative estimate of drug-likeness (QED) is 0.446. The summed E-state index contributed by atoms with van der Waals surface area (Å²) >= 11 is 2.19. The highest BCUT2D eigenvalue weighted by Gasteiger charge is 2.40. The van der Waals surface area contributed by atoms with Crippen molar-refractivity contribution in [1.29, 1.82) is 0 Å². The number of sulfonamides is 1. The molecule has 9 heteroatoms. The Balaban J connectivity index is 1.72. The van der Waals surface area contributed by atoms with Crippen molar-refractivity contribution in [2.45, 2.75) is 23.9 Å². The average Bonchev–Trinajstić information content (AvgIpc) is 2.84. The molecule has 3 aromatic rings. The molecule has 0 radical (unpaired) electrons. The van der Waals surface area contributed by atoms with E-state index in [4.69, 9.17) is 9.47 Å². The third-order valence-corrected chi connectivity index (χ3v) is 8.15. The fraction of sp³-hybridized carbons (Fsp3) is 0.208. The Morgan fingerprint density at radius 1 is 0.970 bits per heavy atom. The van der Waals surface area contributed by atoms with E-state index in [-0.39, 0.29) is 23.8 Å². The third kappa shape index (κ3) is 4.85. The fourth-order valence-electron chi connectivity index (χ4n) is 3.85. The van der Waals surface area contributed by atoms with Crippen LogP contribution in [-0.2, 0) is 27.8 Å². The van der Waals surface area contributed by atoms with Gasteiger partial charge >= 0.3 is 0 Å². The van der Waals surface area contributed by atoms with Crippen molar-refractivity contribution in [2.75, 3.05) is 19.5 Å². The molecule has 1 aliphatic rings. The first-order chi connectivity index (χ1) is 15.8. The van der Waals surface area contributed by atoms with Crippen molar-refractivity contribution >= 4 is 44.2 Å². The van der Waals surface area contributed by atoms with E-state index in [2.05, 4.69) is 27.9 Å². The number of nitrogens with zero attached hydrogens (tertiary/aromatic N) is 1. The molecule has 1 unspecified atom stereocenters. The Kier molecular flexibility index (Phi) is 6.91. The van der Waals surface area contributed by atoms with Crippen LogP contribution < -0.4 is 14.8 Å². The predicted octanol–water partition coefficient (Wildman–Crippen LogP) is 4.06. The molecular weight excluding hydrogens is 555 g/mol. The van der Waals surface area contributed by atoms with Gasteiger partial charge in [-0.15, -0.1) is 0 Å². The summed E-state index contributed by atoms with van der Waals surface area (Å²) in [5.41, 5.74) is 2.45. The fourth-order valence-corrected chi connectivity index (χ4v) is 5.79. The number of halogens is 1. The van der Waals surface area contributed by atoms with E-state index < -0.39 is 16.1 Å². The molecule has 0 aromatic heterocycles. The van der Waals surface area contributed by atoms with E-state index in [1.807, 2.05) is 36.4 Å². The standard InChI is InChI=1S/C24H23IN2O5S/c1-31-22-12-11-20(14-23(22)32-2)33(29,30)27-15-17-6-4-3-5-16(17)13-21(27)24(28)26-19-9-7-18(25)8-10-19/h3-12,14,21H,13,15H2,1-2H3,(H,26,28). The smallest absolute Gasteiger partial charge is 0.244 e. The van der Waals surface area contributed by atoms with E-state index in [1.54, 1.807) is 18.2 Å². The summed E-state index contributed by atoms with van der Waals surface area (Å²) < 4.78 is 40.3. The first-order valence-corrected chi connectivity index (χ1v) is 12.7. The van der Waals surface area contributed by atoms with E-state index >= 15 is 0 Å². The largest absolute Gasteiger partial charge is 0.493 e. The highest BCUT2D eigenvalue weighted by molar-refractivity contribution is 14.1. The monoisotopic (exact) mass is 578 g/mol. The number of carbonyl (C=O) groups is 1. The summed E-state index contributed by atoms with van der Waals surface area (Å²) in [5.74, 6) is 0.346. The predicted molar refractivity (Wildman–Crippen MR) is 134 cm³/mol. The number of nitrogens with one attached hydrogen (secondary N) is 1. The lowest BCUT2D eigenvalue weighted by molar-refractivity contribution is -0.120. The number of ether oxygens (including phenoxy) is 2. The zero-order valence-corrected chi connectivity index (χ0v) is 21.1. The van der Waals surface area contributed by atoms with Gasteiger partial charge in [0.15, 0.2) is 11.5 Å². The van der Waals surface area contributed by atoms with Crippen molar-refractivity contribution in [3.63, 3.8) is 0 Å². The number of methoxy groups -OCH3 is 2. The lowest BCUT2D eigenvalue weighted by Gasteiger charge is -2.35. The van der Waals surface area contributed by atoms with Gasteiger partial charge in [0.1, 0.15) is 6.04 Å². The van der Waals surface area contributed by atoms with Gasteiger partial charge in [0.25, 0.3) is 0 Å². The van der Waals surface area contributed by atoms with Crippen LogP contribution in [0, 0.1) is 3.57 Å². The molecule has 1 heterocycles. The Morgan fingerprint density at radius 3 is 2.30 bits per heavy atom. The minimum atomic E-state index is -4.02. The molecule has 33 heavy (non-hydrogen) atoms. The summed E-state index contributed by atoms with van der Waals surface area (Å²) in [6.07, 6.45) is 0.277. The lowest BCUT2D eigenvalue weighted by atomic mass is 9.95. The molecule has 0 bridgehead atoms. The van der Waals surface area contributed by atoms with Gasteiger partial charge in [-0.05, 0) is 76.5 Å². The van der Waals surface area contributed by atoms with Gasteiger partial charge in [-0.2, -0.15) is 4.31 Å². The van der Waals surface area contributed by atoms with Crippen LogP contribution in [0.1, 0.15) is 11.1 Å². The number of fused-ring (bicyclic) bond motifs is 1. The molecule has 4 rings (SSSR count). The molecule has 0 spiro atoms. The summed E-state index contributed by atoms with van der Waals surface area (Å²) in [5, 5.41) is 2.87. The molecule has 0 saturated carbocycles. The van der Waals surface area contributed by atoms with E-state index in [0.29, 0.717) is 17.2 Å². The number of rotatable bonds is 6. The van der Waals surface area contributed by atoms with E-state index in [9.17, 15) is 13.2 Å². The van der Waals surface area contributed by atoms with Crippen LogP contribution in [0.3, 0.4) is 0 Å². The minimum absolute atomic E-state index is 0.0339. The second-order valence-electron chi connectivity index (χ2n) is 7.55. The molecule has 0 saturated heterocycles. The summed E-state index contributed by atoms with van der Waals surface area (Å²) in [7, 11) is -1.09. The molecule has 1 aliphatic heterocycles. The maximum Gasteiger partial charge on any atom is 0.244 e. The van der Waals surface area contributed by atoms with Crippen molar-refractivity contribution in [3.8, 4) is 11.5 Å². The number of carbonyl (C=O) groups excluding carboxylic acids is 1. The Hall–Kier alpha value is -2.63. The van der Waals surface area contributed by atoms with Gasteiger partial charge in [0.05, 0.1) is 19.1 Å². The van der Waals surface area contributed by atoms with Crippen LogP contribution in [0.15, 0.2) is 71.6 Å². The lowest BCUT2D eigenvalue weighted by Crippen LogP contribution is -2.50. The van der Waals surface area contributed by atoms with Crippen LogP contribution in [0.4, 0.5) is 5.69 Å². The van der Waals surface area contributed by atoms with Gasteiger partial charge in [0, 0.05) is 21.9 Å². The molecule has 1 amide bonds. The van der Waals surface area contributed by atoms with Crippen molar-refractivity contribution in [1.82, 2.24) is 4.31 Å². The normalized spacial score (nSPS) is 16.0. The zero-order valence-electron chi connectivity index (χ0n) is 18.1. The molecule has 1 atom stereocenters. The van der Waals surface area contributed by atoms with Crippen LogP contribution in [0.5, 0.6) is 11.5 Å². The second kappa shape index (κ2) is 9.70. The summed E-state index contributed by atoms with van der Waals surface area (Å²) in [6.45, 7) is 0.0949.